The van der Waals surface area contributed by atoms with Crippen LogP contribution < -0.4 is 11.1 Å². The third kappa shape index (κ3) is 3.78. The van der Waals surface area contributed by atoms with Gasteiger partial charge in [-0.05, 0) is 31.5 Å². The Kier molecular flexibility index (Phi) is 4.57. The fraction of sp³-hybridized carbons (Fsp3) is 0.500. The zero-order chi connectivity index (χ0) is 12.9. The van der Waals surface area contributed by atoms with E-state index >= 15 is 0 Å². The highest BCUT2D eigenvalue weighted by Crippen LogP contribution is 2.24. The summed E-state index contributed by atoms with van der Waals surface area (Å²) in [7, 11) is 0. The average Bonchev–Trinajstić information content (AvgIpc) is 2.25. The summed E-state index contributed by atoms with van der Waals surface area (Å²) in [5.74, 6) is -0.850. The summed E-state index contributed by atoms with van der Waals surface area (Å²) in [6.45, 7) is 4.56. The molecule has 0 aliphatic rings. The fourth-order valence-corrected chi connectivity index (χ4v) is 1.73. The molecular weight excluding hydrogens is 221 g/mol. The van der Waals surface area contributed by atoms with Crippen LogP contribution >= 0.6 is 0 Å². The van der Waals surface area contributed by atoms with E-state index in [4.69, 9.17) is 5.73 Å². The fourth-order valence-electron chi connectivity index (χ4n) is 1.73. The quantitative estimate of drug-likeness (QED) is 0.786. The number of nitrogens with zero attached hydrogens (tertiary/aromatic N) is 1. The molecule has 0 saturated carbocycles. The largest absolute Gasteiger partial charge is 0.370 e. The van der Waals surface area contributed by atoms with E-state index in [1.165, 1.54) is 6.07 Å². The molecule has 17 heavy (non-hydrogen) atoms. The molecule has 0 spiro atoms. The van der Waals surface area contributed by atoms with E-state index in [1.807, 2.05) is 13.8 Å². The lowest BCUT2D eigenvalue weighted by atomic mass is 9.89. The lowest BCUT2D eigenvalue weighted by molar-refractivity contribution is -0.119. The van der Waals surface area contributed by atoms with Gasteiger partial charge in [0.25, 0.3) is 0 Å². The van der Waals surface area contributed by atoms with Gasteiger partial charge in [-0.2, -0.15) is 0 Å². The molecule has 1 rings (SSSR count). The summed E-state index contributed by atoms with van der Waals surface area (Å²) in [6.07, 6.45) is 3.71. The van der Waals surface area contributed by atoms with E-state index in [-0.39, 0.29) is 6.42 Å². The van der Waals surface area contributed by atoms with Crippen LogP contribution in [0.3, 0.4) is 0 Å². The van der Waals surface area contributed by atoms with Crippen molar-refractivity contribution in [2.45, 2.75) is 32.2 Å². The summed E-state index contributed by atoms with van der Waals surface area (Å²) < 4.78 is 13.2. The first-order chi connectivity index (χ1) is 7.98. The second-order valence-corrected chi connectivity index (χ2v) is 4.29. The van der Waals surface area contributed by atoms with Crippen LogP contribution in [0.2, 0.25) is 0 Å². The molecule has 1 unspecified atom stereocenters. The third-order valence-corrected chi connectivity index (χ3v) is 2.63. The minimum atomic E-state index is -0.670. The highest BCUT2D eigenvalue weighted by Gasteiger charge is 2.28. The van der Waals surface area contributed by atoms with Crippen LogP contribution in [0.5, 0.6) is 0 Å². The molecule has 3 N–H and O–H groups in total. The zero-order valence-corrected chi connectivity index (χ0v) is 10.2. The molecule has 1 heterocycles. The maximum Gasteiger partial charge on any atom is 0.219 e. The van der Waals surface area contributed by atoms with Crippen molar-refractivity contribution in [1.29, 1.82) is 0 Å². The molecule has 0 fully saturated rings. The number of primary amides is 1. The van der Waals surface area contributed by atoms with Crippen LogP contribution in [-0.4, -0.2) is 17.4 Å². The molecule has 0 aliphatic carbocycles. The van der Waals surface area contributed by atoms with E-state index in [2.05, 4.69) is 10.3 Å². The Balaban J connectivity index is 2.99. The smallest absolute Gasteiger partial charge is 0.219 e. The Morgan fingerprint density at radius 2 is 2.29 bits per heavy atom. The zero-order valence-electron chi connectivity index (χ0n) is 10.2. The van der Waals surface area contributed by atoms with Gasteiger partial charge in [0.2, 0.25) is 5.91 Å². The molecule has 1 aromatic rings. The predicted octanol–water partition coefficient (Wildman–Crippen LogP) is 1.31. The Morgan fingerprint density at radius 1 is 1.59 bits per heavy atom. The van der Waals surface area contributed by atoms with Crippen LogP contribution in [0.4, 0.5) is 4.39 Å². The van der Waals surface area contributed by atoms with Crippen LogP contribution in [0, 0.1) is 5.82 Å². The molecule has 5 heteroatoms. The minimum Gasteiger partial charge on any atom is -0.370 e. The van der Waals surface area contributed by atoms with Crippen molar-refractivity contribution in [3.05, 3.63) is 29.8 Å². The van der Waals surface area contributed by atoms with E-state index in [0.717, 1.165) is 19.2 Å². The minimum absolute atomic E-state index is 0.109. The number of nitrogens with one attached hydrogen (secondary N) is 1. The van der Waals surface area contributed by atoms with Crippen LogP contribution in [-0.2, 0) is 10.3 Å². The number of carbonyl (C=O) groups is 1. The molecule has 0 saturated heterocycles. The van der Waals surface area contributed by atoms with Gasteiger partial charge in [0.1, 0.15) is 5.82 Å². The highest BCUT2D eigenvalue weighted by atomic mass is 19.1. The first kappa shape index (κ1) is 13.6. The normalized spacial score (nSPS) is 14.3. The molecule has 0 bridgehead atoms. The Labute approximate surface area is 100 Å². The molecular formula is C12H18FN3O. The van der Waals surface area contributed by atoms with E-state index in [9.17, 15) is 9.18 Å². The number of hydrogen-bond acceptors (Lipinski definition) is 3. The number of nitrogens with two attached hydrogens (primary N) is 1. The second-order valence-electron chi connectivity index (χ2n) is 4.29. The summed E-state index contributed by atoms with van der Waals surface area (Å²) >= 11 is 0. The van der Waals surface area contributed by atoms with Gasteiger partial charge >= 0.3 is 0 Å². The van der Waals surface area contributed by atoms with E-state index < -0.39 is 17.3 Å². The lowest BCUT2D eigenvalue weighted by Crippen LogP contribution is -2.43. The van der Waals surface area contributed by atoms with Gasteiger partial charge < -0.3 is 11.1 Å². The average molecular weight is 239 g/mol. The Hall–Kier alpha value is -1.49. The molecule has 0 radical (unpaired) electrons. The molecule has 94 valence electrons. The highest BCUT2D eigenvalue weighted by molar-refractivity contribution is 5.75. The maximum atomic E-state index is 13.2. The topological polar surface area (TPSA) is 68.0 Å². The number of carbonyl (C=O) groups excluding carboxylic acids is 1. The molecule has 1 amide bonds. The van der Waals surface area contributed by atoms with Gasteiger partial charge in [-0.1, -0.05) is 6.92 Å². The van der Waals surface area contributed by atoms with Gasteiger partial charge in [0.15, 0.2) is 0 Å². The molecule has 0 aliphatic heterocycles. The van der Waals surface area contributed by atoms with Gasteiger partial charge in [-0.3, -0.25) is 9.78 Å². The third-order valence-electron chi connectivity index (χ3n) is 2.63. The summed E-state index contributed by atoms with van der Waals surface area (Å²) in [5.41, 5.74) is 5.19. The van der Waals surface area contributed by atoms with Crippen LogP contribution in [0.25, 0.3) is 0 Å². The van der Waals surface area contributed by atoms with Crippen molar-refractivity contribution in [3.8, 4) is 0 Å². The van der Waals surface area contributed by atoms with Crippen LogP contribution in [0.15, 0.2) is 18.5 Å². The van der Waals surface area contributed by atoms with Crippen molar-refractivity contribution in [2.75, 3.05) is 6.54 Å². The van der Waals surface area contributed by atoms with Crippen molar-refractivity contribution < 1.29 is 9.18 Å². The van der Waals surface area contributed by atoms with Gasteiger partial charge in [-0.25, -0.2) is 4.39 Å². The first-order valence-electron chi connectivity index (χ1n) is 5.62. The van der Waals surface area contributed by atoms with Gasteiger partial charge in [-0.15, -0.1) is 0 Å². The molecule has 0 aromatic carbocycles. The van der Waals surface area contributed by atoms with E-state index in [0.29, 0.717) is 5.56 Å². The predicted molar refractivity (Wildman–Crippen MR) is 63.7 cm³/mol. The van der Waals surface area contributed by atoms with E-state index in [1.54, 1.807) is 6.20 Å². The monoisotopic (exact) mass is 239 g/mol. The SMILES string of the molecule is CCCNC(C)(CC(N)=O)c1cncc(F)c1. The maximum absolute atomic E-state index is 13.2. The van der Waals surface area contributed by atoms with Crippen molar-refractivity contribution in [3.63, 3.8) is 0 Å². The molecule has 1 aromatic heterocycles. The summed E-state index contributed by atoms with van der Waals surface area (Å²) in [4.78, 5) is 14.9. The number of pyridine rings is 1. The standard InChI is InChI=1S/C12H18FN3O/c1-3-4-16-12(2,6-11(14)17)9-5-10(13)8-15-7-9/h5,7-8,16H,3-4,6H2,1-2H3,(H2,14,17). The summed E-state index contributed by atoms with van der Waals surface area (Å²) in [5, 5.41) is 3.21. The van der Waals surface area contributed by atoms with Gasteiger partial charge in [0.05, 0.1) is 11.7 Å². The van der Waals surface area contributed by atoms with Crippen molar-refractivity contribution in [2.24, 2.45) is 5.73 Å². The number of halogens is 1. The Bertz CT molecular complexity index is 397. The Morgan fingerprint density at radius 3 is 2.82 bits per heavy atom. The summed E-state index contributed by atoms with van der Waals surface area (Å²) in [6, 6.07) is 1.37. The van der Waals surface area contributed by atoms with Crippen molar-refractivity contribution in [1.82, 2.24) is 10.3 Å². The number of aromatic nitrogens is 1. The second kappa shape index (κ2) is 5.72. The van der Waals surface area contributed by atoms with Crippen molar-refractivity contribution >= 4 is 5.91 Å². The number of hydrogen-bond donors (Lipinski definition) is 2. The number of rotatable bonds is 6. The number of amides is 1. The van der Waals surface area contributed by atoms with Gasteiger partial charge in [0, 0.05) is 12.6 Å². The first-order valence-corrected chi connectivity index (χ1v) is 5.62. The molecule has 1 atom stereocenters. The molecule has 4 nitrogen and oxygen atoms in total. The lowest BCUT2D eigenvalue weighted by Gasteiger charge is -2.30. The van der Waals surface area contributed by atoms with Crippen LogP contribution in [0.1, 0.15) is 32.3 Å².